The van der Waals surface area contributed by atoms with E-state index >= 15 is 0 Å². The fourth-order valence-electron chi connectivity index (χ4n) is 3.88. The number of pyridine rings is 2. The summed E-state index contributed by atoms with van der Waals surface area (Å²) >= 11 is 3.43. The molecule has 1 aromatic carbocycles. The van der Waals surface area contributed by atoms with Crippen LogP contribution in [0.1, 0.15) is 12.8 Å². The lowest BCUT2D eigenvalue weighted by molar-refractivity contribution is 0.0383. The first kappa shape index (κ1) is 23.3. The standard InChI is InChI=1S/C25H26BrN7O2/c1-33(2)17-12-18(13-17)35-21-6-4-16(11-22(21)34-3)29-25-27-9-8-24(32-25)31-23-7-5-19-20(30-23)10-15(26)14-28-19/h4-11,14,17-18H,12-13H2,1-3H3,(H2,27,29,30,31,32). The highest BCUT2D eigenvalue weighted by atomic mass is 79.9. The number of ether oxygens (including phenoxy) is 2. The van der Waals surface area contributed by atoms with E-state index in [0.717, 1.165) is 39.8 Å². The first-order valence-corrected chi connectivity index (χ1v) is 12.1. The van der Waals surface area contributed by atoms with Crippen molar-refractivity contribution in [2.75, 3.05) is 31.8 Å². The molecule has 3 aromatic heterocycles. The summed E-state index contributed by atoms with van der Waals surface area (Å²) in [7, 11) is 5.84. The molecule has 0 radical (unpaired) electrons. The van der Waals surface area contributed by atoms with Crippen LogP contribution in [0.2, 0.25) is 0 Å². The molecule has 9 nitrogen and oxygen atoms in total. The molecule has 5 rings (SSSR count). The lowest BCUT2D eigenvalue weighted by Gasteiger charge is -2.39. The number of hydrogen-bond acceptors (Lipinski definition) is 9. The second-order valence-electron chi connectivity index (χ2n) is 8.60. The molecule has 0 saturated heterocycles. The van der Waals surface area contributed by atoms with Gasteiger partial charge >= 0.3 is 0 Å². The molecule has 10 heteroatoms. The first-order chi connectivity index (χ1) is 17.0. The van der Waals surface area contributed by atoms with E-state index in [1.54, 1.807) is 25.6 Å². The van der Waals surface area contributed by atoms with Crippen molar-refractivity contribution in [1.29, 1.82) is 0 Å². The Balaban J connectivity index is 1.27. The predicted molar refractivity (Wildman–Crippen MR) is 140 cm³/mol. The van der Waals surface area contributed by atoms with Gasteiger partial charge < -0.3 is 25.0 Å². The van der Waals surface area contributed by atoms with Gasteiger partial charge in [-0.3, -0.25) is 4.98 Å². The second-order valence-corrected chi connectivity index (χ2v) is 9.51. The fourth-order valence-corrected chi connectivity index (χ4v) is 4.20. The Morgan fingerprint density at radius 2 is 1.74 bits per heavy atom. The lowest BCUT2D eigenvalue weighted by atomic mass is 9.88. The molecule has 0 bridgehead atoms. The maximum Gasteiger partial charge on any atom is 0.229 e. The van der Waals surface area contributed by atoms with Gasteiger partial charge in [0.05, 0.1) is 18.1 Å². The molecule has 0 amide bonds. The Morgan fingerprint density at radius 3 is 2.54 bits per heavy atom. The highest BCUT2D eigenvalue weighted by Gasteiger charge is 2.32. The molecule has 0 aliphatic heterocycles. The molecule has 0 atom stereocenters. The first-order valence-electron chi connectivity index (χ1n) is 11.3. The number of methoxy groups -OCH3 is 1. The molecular formula is C25H26BrN7O2. The Bertz CT molecular complexity index is 1340. The van der Waals surface area contributed by atoms with E-state index in [0.29, 0.717) is 29.4 Å². The van der Waals surface area contributed by atoms with E-state index in [2.05, 4.69) is 65.5 Å². The monoisotopic (exact) mass is 535 g/mol. The summed E-state index contributed by atoms with van der Waals surface area (Å²) < 4.78 is 12.6. The summed E-state index contributed by atoms with van der Waals surface area (Å²) in [6.45, 7) is 0. The smallest absolute Gasteiger partial charge is 0.229 e. The Kier molecular flexibility index (Phi) is 6.65. The highest BCUT2D eigenvalue weighted by Crippen LogP contribution is 2.36. The number of halogens is 1. The molecule has 1 saturated carbocycles. The zero-order chi connectivity index (χ0) is 24.4. The topological polar surface area (TPSA) is 97.3 Å². The Morgan fingerprint density at radius 1 is 0.914 bits per heavy atom. The van der Waals surface area contributed by atoms with Gasteiger partial charge in [0, 0.05) is 34.7 Å². The van der Waals surface area contributed by atoms with Crippen molar-refractivity contribution in [3.63, 3.8) is 0 Å². The quantitative estimate of drug-likeness (QED) is 0.317. The predicted octanol–water partition coefficient (Wildman–Crippen LogP) is 5.15. The molecule has 180 valence electrons. The van der Waals surface area contributed by atoms with Crippen LogP contribution in [0.5, 0.6) is 11.5 Å². The molecule has 0 unspecified atom stereocenters. The van der Waals surface area contributed by atoms with Gasteiger partial charge in [-0.2, -0.15) is 4.98 Å². The highest BCUT2D eigenvalue weighted by molar-refractivity contribution is 9.10. The molecule has 1 aliphatic rings. The van der Waals surface area contributed by atoms with Gasteiger partial charge in [-0.05, 0) is 79.3 Å². The van der Waals surface area contributed by atoms with Crippen LogP contribution >= 0.6 is 15.9 Å². The summed E-state index contributed by atoms with van der Waals surface area (Å²) in [5.41, 5.74) is 2.40. The van der Waals surface area contributed by atoms with E-state index in [1.165, 1.54) is 0 Å². The summed E-state index contributed by atoms with van der Waals surface area (Å²) in [6.07, 6.45) is 5.68. The van der Waals surface area contributed by atoms with Crippen molar-refractivity contribution < 1.29 is 9.47 Å². The third kappa shape index (κ3) is 5.44. The fraction of sp³-hybridized carbons (Fsp3) is 0.280. The van der Waals surface area contributed by atoms with Crippen LogP contribution < -0.4 is 20.1 Å². The zero-order valence-electron chi connectivity index (χ0n) is 19.7. The van der Waals surface area contributed by atoms with Gasteiger partial charge in [0.1, 0.15) is 17.7 Å². The van der Waals surface area contributed by atoms with Gasteiger partial charge in [0.25, 0.3) is 0 Å². The van der Waals surface area contributed by atoms with Gasteiger partial charge in [-0.1, -0.05) is 0 Å². The molecule has 35 heavy (non-hydrogen) atoms. The van der Waals surface area contributed by atoms with Crippen molar-refractivity contribution in [2.45, 2.75) is 25.0 Å². The van der Waals surface area contributed by atoms with Crippen LogP contribution in [0.4, 0.5) is 23.3 Å². The van der Waals surface area contributed by atoms with Crippen LogP contribution in [-0.2, 0) is 0 Å². The summed E-state index contributed by atoms with van der Waals surface area (Å²) in [5.74, 6) is 3.13. The average Bonchev–Trinajstić information content (AvgIpc) is 2.81. The number of benzene rings is 1. The maximum absolute atomic E-state index is 6.15. The second kappa shape index (κ2) is 10.0. The number of aromatic nitrogens is 4. The largest absolute Gasteiger partial charge is 0.493 e. The van der Waals surface area contributed by atoms with E-state index in [-0.39, 0.29) is 6.10 Å². The van der Waals surface area contributed by atoms with Crippen LogP contribution in [0, 0.1) is 0 Å². The Labute approximate surface area is 212 Å². The van der Waals surface area contributed by atoms with Crippen LogP contribution in [0.15, 0.2) is 59.3 Å². The van der Waals surface area contributed by atoms with Gasteiger partial charge in [-0.25, -0.2) is 9.97 Å². The molecule has 1 fully saturated rings. The molecule has 2 N–H and O–H groups in total. The summed E-state index contributed by atoms with van der Waals surface area (Å²) in [6, 6.07) is 13.8. The molecular weight excluding hydrogens is 510 g/mol. The number of nitrogens with one attached hydrogen (secondary N) is 2. The molecule has 3 heterocycles. The van der Waals surface area contributed by atoms with Crippen molar-refractivity contribution in [1.82, 2.24) is 24.8 Å². The molecule has 0 spiro atoms. The average molecular weight is 536 g/mol. The number of anilines is 4. The van der Waals surface area contributed by atoms with Crippen LogP contribution in [0.3, 0.4) is 0 Å². The van der Waals surface area contributed by atoms with Gasteiger partial charge in [0.15, 0.2) is 11.5 Å². The third-order valence-electron chi connectivity index (χ3n) is 5.93. The minimum atomic E-state index is 0.210. The minimum absolute atomic E-state index is 0.210. The van der Waals surface area contributed by atoms with Crippen LogP contribution in [-0.4, -0.2) is 58.2 Å². The number of hydrogen-bond donors (Lipinski definition) is 2. The van der Waals surface area contributed by atoms with Crippen molar-refractivity contribution >= 4 is 50.2 Å². The molecule has 1 aliphatic carbocycles. The lowest BCUT2D eigenvalue weighted by Crippen LogP contribution is -2.46. The third-order valence-corrected chi connectivity index (χ3v) is 6.36. The van der Waals surface area contributed by atoms with Crippen LogP contribution in [0.25, 0.3) is 11.0 Å². The van der Waals surface area contributed by atoms with Gasteiger partial charge in [-0.15, -0.1) is 0 Å². The van der Waals surface area contributed by atoms with Gasteiger partial charge in [0.2, 0.25) is 5.95 Å². The van der Waals surface area contributed by atoms with E-state index in [1.807, 2.05) is 36.4 Å². The van der Waals surface area contributed by atoms with E-state index in [9.17, 15) is 0 Å². The number of rotatable bonds is 8. The van der Waals surface area contributed by atoms with E-state index in [4.69, 9.17) is 9.47 Å². The maximum atomic E-state index is 6.15. The molecule has 4 aromatic rings. The van der Waals surface area contributed by atoms with E-state index < -0.39 is 0 Å². The van der Waals surface area contributed by atoms with Crippen molar-refractivity contribution in [3.05, 3.63) is 59.3 Å². The SMILES string of the molecule is COc1cc(Nc2nccc(Nc3ccc4ncc(Br)cc4n3)n2)ccc1OC1CC(N(C)C)C1. The van der Waals surface area contributed by atoms with Crippen molar-refractivity contribution in [2.24, 2.45) is 0 Å². The van der Waals surface area contributed by atoms with Crippen molar-refractivity contribution in [3.8, 4) is 11.5 Å². The Hall–Kier alpha value is -3.50. The number of nitrogens with zero attached hydrogens (tertiary/aromatic N) is 5. The normalized spacial score (nSPS) is 17.2. The minimum Gasteiger partial charge on any atom is -0.493 e. The summed E-state index contributed by atoms with van der Waals surface area (Å²) in [4.78, 5) is 20.1. The number of fused-ring (bicyclic) bond motifs is 1. The summed E-state index contributed by atoms with van der Waals surface area (Å²) in [5, 5.41) is 6.46. The zero-order valence-corrected chi connectivity index (χ0v) is 21.3.